The van der Waals surface area contributed by atoms with Gasteiger partial charge in [0.25, 0.3) is 21.9 Å². The van der Waals surface area contributed by atoms with E-state index in [0.29, 0.717) is 95.2 Å². The van der Waals surface area contributed by atoms with Gasteiger partial charge in [0.2, 0.25) is 5.69 Å². The second kappa shape index (κ2) is 23.4. The van der Waals surface area contributed by atoms with Crippen molar-refractivity contribution in [2.75, 3.05) is 71.3 Å². The zero-order chi connectivity index (χ0) is 49.9. The van der Waals surface area contributed by atoms with E-state index < -0.39 is 33.3 Å². The molecule has 4 aliphatic rings. The second-order valence-corrected chi connectivity index (χ2v) is 19.5. The van der Waals surface area contributed by atoms with Gasteiger partial charge in [-0.3, -0.25) is 14.1 Å². The maximum atomic E-state index is 12.6. The van der Waals surface area contributed by atoms with Gasteiger partial charge in [0.15, 0.2) is 5.71 Å². The Kier molecular flexibility index (Phi) is 17.9. The van der Waals surface area contributed by atoms with Gasteiger partial charge >= 0.3 is 5.97 Å². The standard InChI is InChI=1S/C51H61N3O12S.C2H6/c1-35-34-50(2,3)53(21-22-62-25-26-64-28-27-63-24-23-61-6)43-33-45-40(32-39(35)43)37(29-44(65-45)36-13-9-7-10-14-36)30-46-51(4,5)41-31-38(67(58,59)60)16-17-42(41)52(46)20-12-8-11-15-49(57)66-54-47(55)18-19-48(54)56;1-2/h7,9-10,13-14,16-17,29-34H,8,11-12,15,18-28H2,1-6H3;1-2H3/p+1. The molecule has 0 aromatic heterocycles. The Morgan fingerprint density at radius 1 is 0.841 bits per heavy atom. The van der Waals surface area contributed by atoms with Crippen LogP contribution in [0.4, 0.5) is 11.4 Å². The quantitative estimate of drug-likeness (QED) is 0.0439. The zero-order valence-electron chi connectivity index (χ0n) is 41.3. The SMILES string of the molecule is CC.COCCOCCOCCOCCN1c2cc3c(cc2C(C)=CC1(C)C)/C(=C/C1=[N+](CCCCCC(=O)ON2C(=O)CCC2=O)c2ccc(S(=O)(=O)O)cc2C1(C)C)C=C(c1ccccc1)O3. The molecule has 69 heavy (non-hydrogen) atoms. The molecule has 4 aliphatic heterocycles. The van der Waals surface area contributed by atoms with Crippen LogP contribution in [-0.4, -0.2) is 118 Å². The van der Waals surface area contributed by atoms with Crippen molar-refractivity contribution >= 4 is 61.9 Å². The van der Waals surface area contributed by atoms with E-state index in [1.54, 1.807) is 19.2 Å². The Hall–Kier alpha value is -5.49. The maximum Gasteiger partial charge on any atom is 0.333 e. The number of methoxy groups -OCH3 is 1. The summed E-state index contributed by atoms with van der Waals surface area (Å²) in [5.74, 6) is -0.334. The van der Waals surface area contributed by atoms with Crippen LogP contribution in [0, 0.1) is 0 Å². The fourth-order valence-corrected chi connectivity index (χ4v) is 9.59. The third kappa shape index (κ3) is 12.7. The van der Waals surface area contributed by atoms with Gasteiger partial charge in [-0.1, -0.05) is 50.3 Å². The lowest BCUT2D eigenvalue weighted by Crippen LogP contribution is -2.47. The van der Waals surface area contributed by atoms with E-state index in [4.69, 9.17) is 28.5 Å². The summed E-state index contributed by atoms with van der Waals surface area (Å²) in [6, 6.07) is 18.9. The minimum atomic E-state index is -4.49. The molecule has 0 saturated carbocycles. The van der Waals surface area contributed by atoms with Crippen LogP contribution < -0.4 is 9.64 Å². The zero-order valence-corrected chi connectivity index (χ0v) is 42.1. The third-order valence-electron chi connectivity index (χ3n) is 12.5. The number of fused-ring (bicyclic) bond motifs is 3. The maximum absolute atomic E-state index is 12.6. The lowest BCUT2D eigenvalue weighted by atomic mass is 9.80. The van der Waals surface area contributed by atoms with Crippen molar-refractivity contribution in [3.05, 3.63) is 101 Å². The molecule has 1 fully saturated rings. The number of unbranched alkanes of at least 4 members (excludes halogenated alkanes) is 2. The smallest absolute Gasteiger partial charge is 0.333 e. The molecule has 0 atom stereocenters. The summed E-state index contributed by atoms with van der Waals surface area (Å²) in [5, 5.41) is 0.567. The summed E-state index contributed by atoms with van der Waals surface area (Å²) in [6.07, 6.45) is 8.29. The number of imide groups is 1. The van der Waals surface area contributed by atoms with E-state index >= 15 is 0 Å². The molecule has 1 N–H and O–H groups in total. The number of anilines is 1. The highest BCUT2D eigenvalue weighted by molar-refractivity contribution is 7.85. The third-order valence-corrected chi connectivity index (χ3v) is 13.4. The number of rotatable bonds is 22. The number of hydrogen-bond donors (Lipinski definition) is 1. The topological polar surface area (TPSA) is 170 Å². The molecule has 4 heterocycles. The summed E-state index contributed by atoms with van der Waals surface area (Å²) in [7, 11) is -2.85. The molecule has 1 saturated heterocycles. The molecule has 0 radical (unpaired) electrons. The van der Waals surface area contributed by atoms with Gasteiger partial charge in [-0.25, -0.2) is 4.79 Å². The number of ether oxygens (including phenoxy) is 5. The van der Waals surface area contributed by atoms with Gasteiger partial charge in [0, 0.05) is 85.5 Å². The summed E-state index contributed by atoms with van der Waals surface area (Å²) in [4.78, 5) is 43.7. The van der Waals surface area contributed by atoms with E-state index in [2.05, 4.69) is 54.5 Å². The number of allylic oxidation sites excluding steroid dienone is 4. The van der Waals surface area contributed by atoms with Crippen LogP contribution in [0.1, 0.15) is 109 Å². The first-order valence-corrected chi connectivity index (χ1v) is 25.3. The van der Waals surface area contributed by atoms with Crippen molar-refractivity contribution in [3.8, 4) is 5.75 Å². The number of carbonyl (C=O) groups excluding carboxylic acids is 3. The first kappa shape index (κ1) is 52.9. The van der Waals surface area contributed by atoms with Gasteiger partial charge in [-0.05, 0) is 82.9 Å². The lowest BCUT2D eigenvalue weighted by molar-refractivity contribution is -0.438. The molecule has 15 nitrogen and oxygen atoms in total. The Morgan fingerprint density at radius 3 is 2.14 bits per heavy atom. The minimum Gasteiger partial charge on any atom is -0.456 e. The number of nitrogens with zero attached hydrogens (tertiary/aromatic N) is 3. The van der Waals surface area contributed by atoms with E-state index in [-0.39, 0.29) is 29.7 Å². The molecule has 7 rings (SSSR count). The Bertz CT molecular complexity index is 2580. The summed E-state index contributed by atoms with van der Waals surface area (Å²) in [6.45, 7) is 19.2. The second-order valence-electron chi connectivity index (χ2n) is 18.1. The molecule has 16 heteroatoms. The molecule has 0 spiro atoms. The van der Waals surface area contributed by atoms with Crippen molar-refractivity contribution in [3.63, 3.8) is 0 Å². The van der Waals surface area contributed by atoms with Crippen LogP contribution in [0.3, 0.4) is 0 Å². The molecule has 0 aliphatic carbocycles. The molecular weight excluding hydrogens is 903 g/mol. The van der Waals surface area contributed by atoms with Gasteiger partial charge in [0.1, 0.15) is 18.1 Å². The van der Waals surface area contributed by atoms with Crippen molar-refractivity contribution in [1.29, 1.82) is 0 Å². The number of amides is 2. The molecule has 372 valence electrons. The van der Waals surface area contributed by atoms with Crippen LogP contribution in [0.15, 0.2) is 83.8 Å². The van der Waals surface area contributed by atoms with Crippen LogP contribution in [0.2, 0.25) is 0 Å². The van der Waals surface area contributed by atoms with Gasteiger partial charge in [0.05, 0.1) is 62.1 Å². The number of hydrogen-bond acceptors (Lipinski definition) is 12. The Morgan fingerprint density at radius 2 is 1.49 bits per heavy atom. The first-order chi connectivity index (χ1) is 33.0. The molecule has 0 bridgehead atoms. The minimum absolute atomic E-state index is 0.0275. The molecular formula is C53H68N3O12S+. The van der Waals surface area contributed by atoms with Crippen molar-refractivity contribution in [1.82, 2.24) is 5.06 Å². The fraction of sp³-hybridized carbons (Fsp3) is 0.472. The predicted molar refractivity (Wildman–Crippen MR) is 265 cm³/mol. The molecule has 0 unspecified atom stereocenters. The average molecular weight is 971 g/mol. The highest BCUT2D eigenvalue weighted by atomic mass is 32.2. The molecule has 2 amide bonds. The summed E-state index contributed by atoms with van der Waals surface area (Å²) >= 11 is 0. The molecule has 3 aromatic rings. The summed E-state index contributed by atoms with van der Waals surface area (Å²) in [5.41, 5.74) is 7.26. The first-order valence-electron chi connectivity index (χ1n) is 23.9. The van der Waals surface area contributed by atoms with Crippen LogP contribution in [0.5, 0.6) is 5.75 Å². The van der Waals surface area contributed by atoms with E-state index in [1.165, 1.54) is 6.07 Å². The van der Waals surface area contributed by atoms with Crippen LogP contribution >= 0.6 is 0 Å². The molecule has 3 aromatic carbocycles. The number of benzene rings is 3. The van der Waals surface area contributed by atoms with E-state index in [9.17, 15) is 27.4 Å². The van der Waals surface area contributed by atoms with Crippen molar-refractivity contribution in [2.45, 2.75) is 103 Å². The highest BCUT2D eigenvalue weighted by Gasteiger charge is 2.46. The van der Waals surface area contributed by atoms with Crippen molar-refractivity contribution in [2.24, 2.45) is 0 Å². The lowest BCUT2D eigenvalue weighted by Gasteiger charge is -2.44. The van der Waals surface area contributed by atoms with Crippen molar-refractivity contribution < 1.29 is 60.5 Å². The summed E-state index contributed by atoms with van der Waals surface area (Å²) < 4.78 is 66.2. The van der Waals surface area contributed by atoms with Gasteiger partial charge in [-0.15, -0.1) is 5.06 Å². The van der Waals surface area contributed by atoms with E-state index in [0.717, 1.165) is 50.5 Å². The van der Waals surface area contributed by atoms with Gasteiger partial charge < -0.3 is 33.4 Å². The fourth-order valence-electron chi connectivity index (χ4n) is 9.08. The Balaban J connectivity index is 0.00000386. The van der Waals surface area contributed by atoms with Crippen LogP contribution in [0.25, 0.3) is 16.9 Å². The van der Waals surface area contributed by atoms with E-state index in [1.807, 2.05) is 64.1 Å². The highest BCUT2D eigenvalue weighted by Crippen LogP contribution is 2.48. The predicted octanol–water partition coefficient (Wildman–Crippen LogP) is 8.72. The monoisotopic (exact) mass is 970 g/mol. The normalized spacial score (nSPS) is 17.4. The van der Waals surface area contributed by atoms with Crippen LogP contribution in [-0.2, 0) is 53.7 Å². The largest absolute Gasteiger partial charge is 0.456 e. The number of hydroxylamine groups is 2. The number of carbonyl (C=O) groups is 3. The van der Waals surface area contributed by atoms with Gasteiger partial charge in [-0.2, -0.15) is 13.0 Å². The average Bonchev–Trinajstić information content (AvgIpc) is 3.74. The Labute approximate surface area is 407 Å².